The van der Waals surface area contributed by atoms with Crippen LogP contribution in [0.3, 0.4) is 0 Å². The van der Waals surface area contributed by atoms with Gasteiger partial charge in [-0.05, 0) is 43.5 Å². The fourth-order valence-corrected chi connectivity index (χ4v) is 2.73. The van der Waals surface area contributed by atoms with Crippen molar-refractivity contribution < 1.29 is 19.1 Å². The maximum absolute atomic E-state index is 13.5. The predicted molar refractivity (Wildman–Crippen MR) is 80.1 cm³/mol. The summed E-state index contributed by atoms with van der Waals surface area (Å²) in [4.78, 5) is 22.7. The quantitative estimate of drug-likeness (QED) is 0.797. The first kappa shape index (κ1) is 15.7. The van der Waals surface area contributed by atoms with E-state index in [1.54, 1.807) is 12.1 Å². The number of hydrogen-bond donors (Lipinski definition) is 2. The standard InChI is InChI=1S/C15H15BrFNO3/c16-11-3-4-12(17)10(8-11)2-5-13(19)18-15(6-1-7-15)9-14(20)21/h2-5,8H,1,6-7,9H2,(H,18,19)(H,20,21). The number of aliphatic carboxylic acids is 1. The average molecular weight is 356 g/mol. The van der Waals surface area contributed by atoms with Crippen LogP contribution in [0, 0.1) is 5.82 Å². The number of amides is 1. The summed E-state index contributed by atoms with van der Waals surface area (Å²) in [5, 5.41) is 11.6. The molecule has 0 saturated heterocycles. The number of carbonyl (C=O) groups excluding carboxylic acids is 1. The van der Waals surface area contributed by atoms with Gasteiger partial charge in [0.05, 0.1) is 12.0 Å². The Morgan fingerprint density at radius 3 is 2.71 bits per heavy atom. The summed E-state index contributed by atoms with van der Waals surface area (Å²) in [7, 11) is 0. The fraction of sp³-hybridized carbons (Fsp3) is 0.333. The Hall–Kier alpha value is -1.69. The Kier molecular flexibility index (Phi) is 4.77. The predicted octanol–water partition coefficient (Wildman–Crippen LogP) is 3.12. The molecule has 4 nitrogen and oxygen atoms in total. The van der Waals surface area contributed by atoms with E-state index < -0.39 is 23.2 Å². The van der Waals surface area contributed by atoms with Crippen LogP contribution in [0.4, 0.5) is 4.39 Å². The summed E-state index contributed by atoms with van der Waals surface area (Å²) in [5.41, 5.74) is -0.358. The van der Waals surface area contributed by atoms with Crippen molar-refractivity contribution in [3.63, 3.8) is 0 Å². The lowest BCUT2D eigenvalue weighted by atomic mass is 9.74. The first-order valence-corrected chi connectivity index (χ1v) is 7.37. The van der Waals surface area contributed by atoms with Crippen molar-refractivity contribution in [2.45, 2.75) is 31.2 Å². The fourth-order valence-electron chi connectivity index (χ4n) is 2.35. The Labute approximate surface area is 130 Å². The summed E-state index contributed by atoms with van der Waals surface area (Å²) in [6, 6.07) is 4.44. The molecule has 1 saturated carbocycles. The number of halogens is 2. The van der Waals surface area contributed by atoms with Crippen LogP contribution in [0.25, 0.3) is 6.08 Å². The normalized spacial score (nSPS) is 16.5. The zero-order chi connectivity index (χ0) is 15.5. The number of carbonyl (C=O) groups is 2. The summed E-state index contributed by atoms with van der Waals surface area (Å²) >= 11 is 3.23. The third-order valence-electron chi connectivity index (χ3n) is 3.56. The van der Waals surface area contributed by atoms with Gasteiger partial charge >= 0.3 is 5.97 Å². The van der Waals surface area contributed by atoms with Crippen LogP contribution in [0.2, 0.25) is 0 Å². The molecule has 1 amide bonds. The van der Waals surface area contributed by atoms with E-state index in [0.29, 0.717) is 22.9 Å². The van der Waals surface area contributed by atoms with E-state index in [-0.39, 0.29) is 6.42 Å². The number of carboxylic acids is 1. The number of rotatable bonds is 5. The van der Waals surface area contributed by atoms with Crippen LogP contribution in [0.15, 0.2) is 28.7 Å². The van der Waals surface area contributed by atoms with E-state index in [9.17, 15) is 14.0 Å². The van der Waals surface area contributed by atoms with Crippen LogP contribution in [0.1, 0.15) is 31.2 Å². The highest BCUT2D eigenvalue weighted by Gasteiger charge is 2.39. The van der Waals surface area contributed by atoms with E-state index >= 15 is 0 Å². The Morgan fingerprint density at radius 1 is 1.43 bits per heavy atom. The monoisotopic (exact) mass is 355 g/mol. The van der Waals surface area contributed by atoms with Gasteiger partial charge in [-0.2, -0.15) is 0 Å². The number of nitrogens with one attached hydrogen (secondary N) is 1. The van der Waals surface area contributed by atoms with E-state index in [0.717, 1.165) is 6.42 Å². The number of carboxylic acid groups (broad SMARTS) is 1. The van der Waals surface area contributed by atoms with Crippen molar-refractivity contribution in [1.82, 2.24) is 5.32 Å². The molecule has 0 spiro atoms. The second kappa shape index (κ2) is 6.39. The molecule has 0 bridgehead atoms. The highest BCUT2D eigenvalue weighted by molar-refractivity contribution is 9.10. The molecule has 2 rings (SSSR count). The van der Waals surface area contributed by atoms with Gasteiger partial charge in [0.15, 0.2) is 0 Å². The van der Waals surface area contributed by atoms with Crippen LogP contribution in [-0.4, -0.2) is 22.5 Å². The van der Waals surface area contributed by atoms with Gasteiger partial charge in [-0.1, -0.05) is 15.9 Å². The lowest BCUT2D eigenvalue weighted by Crippen LogP contribution is -2.54. The molecule has 1 aromatic rings. The van der Waals surface area contributed by atoms with E-state index in [1.807, 2.05) is 0 Å². The second-order valence-electron chi connectivity index (χ2n) is 5.19. The topological polar surface area (TPSA) is 66.4 Å². The number of benzene rings is 1. The highest BCUT2D eigenvalue weighted by Crippen LogP contribution is 2.34. The lowest BCUT2D eigenvalue weighted by molar-refractivity contribution is -0.140. The lowest BCUT2D eigenvalue weighted by Gasteiger charge is -2.41. The second-order valence-corrected chi connectivity index (χ2v) is 6.11. The molecule has 0 aliphatic heterocycles. The summed E-state index contributed by atoms with van der Waals surface area (Å²) in [6.45, 7) is 0. The van der Waals surface area contributed by atoms with Gasteiger partial charge in [-0.25, -0.2) is 4.39 Å². The molecule has 0 heterocycles. The molecule has 2 N–H and O–H groups in total. The smallest absolute Gasteiger partial charge is 0.305 e. The van der Waals surface area contributed by atoms with Crippen LogP contribution in [0.5, 0.6) is 0 Å². The largest absolute Gasteiger partial charge is 0.481 e. The van der Waals surface area contributed by atoms with Crippen molar-refractivity contribution in [3.8, 4) is 0 Å². The number of hydrogen-bond acceptors (Lipinski definition) is 2. The Bertz CT molecular complexity index is 597. The molecule has 112 valence electrons. The van der Waals surface area contributed by atoms with Gasteiger partial charge < -0.3 is 10.4 Å². The molecule has 0 radical (unpaired) electrons. The molecule has 1 fully saturated rings. The van der Waals surface area contributed by atoms with Crippen LogP contribution >= 0.6 is 15.9 Å². The first-order chi connectivity index (χ1) is 9.90. The molecule has 1 aliphatic carbocycles. The van der Waals surface area contributed by atoms with E-state index in [2.05, 4.69) is 21.2 Å². The summed E-state index contributed by atoms with van der Waals surface area (Å²) < 4.78 is 14.2. The van der Waals surface area contributed by atoms with Gasteiger partial charge in [0.25, 0.3) is 0 Å². The Morgan fingerprint density at radius 2 is 2.14 bits per heavy atom. The third kappa shape index (κ3) is 4.14. The van der Waals surface area contributed by atoms with Crippen molar-refractivity contribution in [2.24, 2.45) is 0 Å². The van der Waals surface area contributed by atoms with E-state index in [4.69, 9.17) is 5.11 Å². The minimum atomic E-state index is -0.933. The van der Waals surface area contributed by atoms with Gasteiger partial charge in [-0.3, -0.25) is 9.59 Å². The molecule has 1 aromatic carbocycles. The van der Waals surface area contributed by atoms with Crippen LogP contribution < -0.4 is 5.32 Å². The molecule has 1 aliphatic rings. The SMILES string of the molecule is O=C(O)CC1(NC(=O)C=Cc2cc(Br)ccc2F)CCC1. The van der Waals surface area contributed by atoms with E-state index in [1.165, 1.54) is 18.2 Å². The summed E-state index contributed by atoms with van der Waals surface area (Å²) in [6.07, 6.45) is 4.74. The van der Waals surface area contributed by atoms with Gasteiger partial charge in [-0.15, -0.1) is 0 Å². The first-order valence-electron chi connectivity index (χ1n) is 6.57. The molecule has 0 unspecified atom stereocenters. The molecule has 0 aromatic heterocycles. The zero-order valence-electron chi connectivity index (χ0n) is 11.2. The minimum absolute atomic E-state index is 0.0855. The third-order valence-corrected chi connectivity index (χ3v) is 4.05. The van der Waals surface area contributed by atoms with Crippen molar-refractivity contribution >= 4 is 33.9 Å². The average Bonchev–Trinajstić information content (AvgIpc) is 2.36. The highest BCUT2D eigenvalue weighted by atomic mass is 79.9. The molecule has 21 heavy (non-hydrogen) atoms. The molecule has 6 heteroatoms. The van der Waals surface area contributed by atoms with Crippen LogP contribution in [-0.2, 0) is 9.59 Å². The van der Waals surface area contributed by atoms with Crippen molar-refractivity contribution in [1.29, 1.82) is 0 Å². The van der Waals surface area contributed by atoms with Gasteiger partial charge in [0.1, 0.15) is 5.82 Å². The zero-order valence-corrected chi connectivity index (χ0v) is 12.8. The summed E-state index contributed by atoms with van der Waals surface area (Å²) in [5.74, 6) is -1.77. The minimum Gasteiger partial charge on any atom is -0.481 e. The maximum atomic E-state index is 13.5. The molecular formula is C15H15BrFNO3. The van der Waals surface area contributed by atoms with Crippen molar-refractivity contribution in [2.75, 3.05) is 0 Å². The molecular weight excluding hydrogens is 341 g/mol. The molecule has 0 atom stereocenters. The van der Waals surface area contributed by atoms with Gasteiger partial charge in [0, 0.05) is 16.1 Å². The van der Waals surface area contributed by atoms with Gasteiger partial charge in [0.2, 0.25) is 5.91 Å². The maximum Gasteiger partial charge on any atom is 0.305 e. The Balaban J connectivity index is 2.02. The van der Waals surface area contributed by atoms with Crippen molar-refractivity contribution in [3.05, 3.63) is 40.1 Å².